The quantitative estimate of drug-likeness (QED) is 0.141. The summed E-state index contributed by atoms with van der Waals surface area (Å²) >= 11 is 3.27. The van der Waals surface area contributed by atoms with Crippen LogP contribution in [0.4, 0.5) is 5.69 Å². The van der Waals surface area contributed by atoms with Crippen molar-refractivity contribution in [2.24, 2.45) is 5.10 Å². The maximum Gasteiger partial charge on any atom is 0.312 e. The number of nitro benzene ring substituents is 1. The number of hydrogen-bond donors (Lipinski definition) is 0. The van der Waals surface area contributed by atoms with Crippen LogP contribution in [0.1, 0.15) is 36.5 Å². The number of hydrogen-bond acceptors (Lipinski definition) is 8. The summed E-state index contributed by atoms with van der Waals surface area (Å²) in [4.78, 5) is 29.5. The van der Waals surface area contributed by atoms with Crippen LogP contribution in [0, 0.1) is 28.4 Å². The lowest BCUT2D eigenvalue weighted by Crippen LogP contribution is -2.21. The first-order valence-corrected chi connectivity index (χ1v) is 12.7. The number of nitrogens with zero attached hydrogens (tertiary/aromatic N) is 5. The zero-order valence-electron chi connectivity index (χ0n) is 21.6. The molecular formula is C28H24BrN5O5. The molecule has 4 aromatic rings. The number of rotatable bonds is 8. The lowest BCUT2D eigenvalue weighted by Gasteiger charge is -2.17. The van der Waals surface area contributed by atoms with E-state index in [0.29, 0.717) is 26.8 Å². The number of aromatic nitrogens is 2. The Balaban J connectivity index is 2.01. The molecule has 0 N–H and O–H groups in total. The molecule has 1 heterocycles. The minimum atomic E-state index is -0.613. The van der Waals surface area contributed by atoms with Crippen LogP contribution in [0.2, 0.25) is 0 Å². The van der Waals surface area contributed by atoms with E-state index in [0.717, 1.165) is 16.9 Å². The number of methoxy groups -OCH3 is 1. The molecule has 0 saturated heterocycles. The van der Waals surface area contributed by atoms with Crippen LogP contribution in [0.5, 0.6) is 11.5 Å². The van der Waals surface area contributed by atoms with Crippen LogP contribution < -0.4 is 15.0 Å². The van der Waals surface area contributed by atoms with E-state index in [9.17, 15) is 14.9 Å². The molecule has 10 nitrogen and oxygen atoms in total. The number of nitriles is 1. The van der Waals surface area contributed by atoms with E-state index in [4.69, 9.17) is 19.7 Å². The molecule has 0 atom stereocenters. The average Bonchev–Trinajstić information content (AvgIpc) is 2.91. The van der Waals surface area contributed by atoms with Gasteiger partial charge in [0.2, 0.25) is 5.75 Å². The van der Waals surface area contributed by atoms with Gasteiger partial charge in [0, 0.05) is 21.7 Å². The van der Waals surface area contributed by atoms with Gasteiger partial charge >= 0.3 is 5.69 Å². The Morgan fingerprint density at radius 1 is 1.26 bits per heavy atom. The van der Waals surface area contributed by atoms with Crippen molar-refractivity contribution >= 4 is 38.7 Å². The highest BCUT2D eigenvalue weighted by atomic mass is 79.9. The van der Waals surface area contributed by atoms with Crippen LogP contribution in [0.25, 0.3) is 22.3 Å². The molecule has 0 unspecified atom stereocenters. The predicted octanol–water partition coefficient (Wildman–Crippen LogP) is 5.96. The van der Waals surface area contributed by atoms with E-state index >= 15 is 0 Å². The Morgan fingerprint density at radius 3 is 2.67 bits per heavy atom. The summed E-state index contributed by atoms with van der Waals surface area (Å²) in [6, 6.07) is 15.4. The molecule has 3 aromatic carbocycles. The SMILES string of the molecule is COc1cc(C)c(-c2nc3ccccc3c(=O)n2N=Cc2cc(Br)cc([N+](=O)[O-])c2OCC#N)cc1C(C)C. The Kier molecular flexibility index (Phi) is 8.07. The number of para-hydroxylation sites is 1. The van der Waals surface area contributed by atoms with Crippen molar-refractivity contribution in [2.45, 2.75) is 26.7 Å². The predicted molar refractivity (Wildman–Crippen MR) is 152 cm³/mol. The second-order valence-electron chi connectivity index (χ2n) is 8.93. The number of benzene rings is 3. The highest BCUT2D eigenvalue weighted by Crippen LogP contribution is 2.35. The van der Waals surface area contributed by atoms with Crippen molar-refractivity contribution in [3.8, 4) is 29.0 Å². The minimum absolute atomic E-state index is 0.130. The van der Waals surface area contributed by atoms with Gasteiger partial charge in [-0.05, 0) is 54.3 Å². The lowest BCUT2D eigenvalue weighted by atomic mass is 9.96. The summed E-state index contributed by atoms with van der Waals surface area (Å²) in [5.41, 5.74) is 2.37. The number of nitro groups is 1. The van der Waals surface area contributed by atoms with Gasteiger partial charge in [-0.3, -0.25) is 14.9 Å². The van der Waals surface area contributed by atoms with Crippen molar-refractivity contribution in [2.75, 3.05) is 13.7 Å². The highest BCUT2D eigenvalue weighted by Gasteiger charge is 2.22. The van der Waals surface area contributed by atoms with Crippen LogP contribution >= 0.6 is 15.9 Å². The molecule has 0 bridgehead atoms. The van der Waals surface area contributed by atoms with E-state index in [-0.39, 0.29) is 22.9 Å². The molecule has 0 radical (unpaired) electrons. The van der Waals surface area contributed by atoms with E-state index < -0.39 is 17.1 Å². The third-order valence-electron chi connectivity index (χ3n) is 6.05. The third kappa shape index (κ3) is 5.51. The van der Waals surface area contributed by atoms with E-state index in [1.807, 2.05) is 39.0 Å². The highest BCUT2D eigenvalue weighted by molar-refractivity contribution is 9.10. The Hall–Kier alpha value is -4.56. The number of halogens is 1. The molecule has 4 rings (SSSR count). The topological polar surface area (TPSA) is 133 Å². The smallest absolute Gasteiger partial charge is 0.312 e. The van der Waals surface area contributed by atoms with Crippen LogP contribution in [-0.4, -0.2) is 34.5 Å². The third-order valence-corrected chi connectivity index (χ3v) is 6.50. The average molecular weight is 590 g/mol. The molecule has 11 heteroatoms. The molecule has 0 saturated carbocycles. The second-order valence-corrected chi connectivity index (χ2v) is 9.84. The van der Waals surface area contributed by atoms with E-state index in [1.54, 1.807) is 37.4 Å². The summed E-state index contributed by atoms with van der Waals surface area (Å²) in [6.45, 7) is 5.57. The van der Waals surface area contributed by atoms with Gasteiger partial charge in [-0.25, -0.2) is 4.98 Å². The maximum atomic E-state index is 13.7. The fraction of sp³-hybridized carbons (Fsp3) is 0.214. The summed E-state index contributed by atoms with van der Waals surface area (Å²) in [6.07, 6.45) is 1.29. The Bertz CT molecular complexity index is 1720. The van der Waals surface area contributed by atoms with Crippen LogP contribution in [0.15, 0.2) is 62.9 Å². The summed E-state index contributed by atoms with van der Waals surface area (Å²) < 4.78 is 12.5. The first-order chi connectivity index (χ1) is 18.7. The van der Waals surface area contributed by atoms with Crippen LogP contribution in [-0.2, 0) is 0 Å². The van der Waals surface area contributed by atoms with E-state index in [2.05, 4.69) is 21.0 Å². The van der Waals surface area contributed by atoms with Gasteiger partial charge in [-0.15, -0.1) is 0 Å². The molecule has 0 amide bonds. The van der Waals surface area contributed by atoms with Gasteiger partial charge < -0.3 is 9.47 Å². The molecule has 0 spiro atoms. The molecule has 0 aliphatic heterocycles. The fourth-order valence-corrected chi connectivity index (χ4v) is 4.65. The first kappa shape index (κ1) is 27.5. The Morgan fingerprint density at radius 2 is 2.00 bits per heavy atom. The molecule has 1 aromatic heterocycles. The zero-order chi connectivity index (χ0) is 28.3. The molecule has 0 aliphatic carbocycles. The fourth-order valence-electron chi connectivity index (χ4n) is 4.19. The van der Waals surface area contributed by atoms with Gasteiger partial charge in [0.15, 0.2) is 12.4 Å². The van der Waals surface area contributed by atoms with Crippen molar-refractivity contribution < 1.29 is 14.4 Å². The monoisotopic (exact) mass is 589 g/mol. The maximum absolute atomic E-state index is 13.7. The van der Waals surface area contributed by atoms with Gasteiger partial charge in [0.1, 0.15) is 11.8 Å². The summed E-state index contributed by atoms with van der Waals surface area (Å²) in [7, 11) is 1.61. The lowest BCUT2D eigenvalue weighted by molar-refractivity contribution is -0.385. The zero-order valence-corrected chi connectivity index (χ0v) is 23.2. The Labute approximate surface area is 232 Å². The summed E-state index contributed by atoms with van der Waals surface area (Å²) in [5, 5.41) is 25.5. The van der Waals surface area contributed by atoms with Gasteiger partial charge in [0.05, 0.1) is 29.2 Å². The second kappa shape index (κ2) is 11.4. The minimum Gasteiger partial charge on any atom is -0.496 e. The van der Waals surface area contributed by atoms with Crippen molar-refractivity contribution in [1.82, 2.24) is 9.66 Å². The van der Waals surface area contributed by atoms with Gasteiger partial charge in [0.25, 0.3) is 5.56 Å². The number of fused-ring (bicyclic) bond motifs is 1. The van der Waals surface area contributed by atoms with Gasteiger partial charge in [-0.1, -0.05) is 41.9 Å². The van der Waals surface area contributed by atoms with Gasteiger partial charge in [-0.2, -0.15) is 15.0 Å². The van der Waals surface area contributed by atoms with Crippen molar-refractivity contribution in [3.63, 3.8) is 0 Å². The number of ether oxygens (including phenoxy) is 2. The number of aryl methyl sites for hydroxylation is 1. The standard InChI is InChI=1S/C28H24BrN5O5/c1-16(2)21-14-22(17(3)11-25(21)38-4)27-32-23-8-6-5-7-20(23)28(35)33(27)31-15-18-12-19(29)13-24(34(36)37)26(18)39-10-9-30/h5-8,11-16H,10H2,1-4H3. The molecule has 198 valence electrons. The van der Waals surface area contributed by atoms with E-state index in [1.165, 1.54) is 17.0 Å². The molecular weight excluding hydrogens is 566 g/mol. The van der Waals surface area contributed by atoms with Crippen molar-refractivity contribution in [1.29, 1.82) is 5.26 Å². The molecule has 39 heavy (non-hydrogen) atoms. The molecule has 0 fully saturated rings. The first-order valence-electron chi connectivity index (χ1n) is 11.9. The van der Waals surface area contributed by atoms with Crippen molar-refractivity contribution in [3.05, 3.63) is 90.2 Å². The summed E-state index contributed by atoms with van der Waals surface area (Å²) in [5.74, 6) is 1.01. The molecule has 0 aliphatic rings. The normalized spacial score (nSPS) is 11.2. The largest absolute Gasteiger partial charge is 0.496 e. The van der Waals surface area contributed by atoms with Crippen LogP contribution in [0.3, 0.4) is 0 Å².